The average Bonchev–Trinajstić information content (AvgIpc) is 3.00. The van der Waals surface area contributed by atoms with E-state index in [9.17, 15) is 10.1 Å². The molecule has 3 N–H and O–H groups in total. The lowest BCUT2D eigenvalue weighted by molar-refractivity contribution is -0.383. The minimum atomic E-state index is -0.466. The van der Waals surface area contributed by atoms with Gasteiger partial charge in [0.1, 0.15) is 5.69 Å². The Morgan fingerprint density at radius 1 is 1.59 bits per heavy atom. The third-order valence-electron chi connectivity index (χ3n) is 3.02. The summed E-state index contributed by atoms with van der Waals surface area (Å²) in [5.74, 6) is 0.855. The number of anilines is 2. The molecular weight excluding hydrogens is 218 g/mol. The van der Waals surface area contributed by atoms with Crippen molar-refractivity contribution in [3.05, 3.63) is 28.3 Å². The predicted octanol–water partition coefficient (Wildman–Crippen LogP) is 2.78. The molecule has 2 rings (SSSR count). The maximum absolute atomic E-state index is 10.6. The first-order chi connectivity index (χ1) is 8.06. The van der Waals surface area contributed by atoms with Crippen LogP contribution in [-0.2, 0) is 0 Å². The number of nitrogen functional groups attached to an aromatic ring is 1. The van der Waals surface area contributed by atoms with Crippen molar-refractivity contribution in [2.24, 2.45) is 5.92 Å². The number of nitro groups is 1. The van der Waals surface area contributed by atoms with Crippen LogP contribution < -0.4 is 11.1 Å². The maximum Gasteiger partial charge on any atom is 0.292 e. The van der Waals surface area contributed by atoms with Gasteiger partial charge in [0.25, 0.3) is 5.69 Å². The molecule has 1 unspecified atom stereocenters. The quantitative estimate of drug-likeness (QED) is 0.467. The third kappa shape index (κ3) is 3.09. The zero-order valence-electron chi connectivity index (χ0n) is 9.85. The Bertz CT molecular complexity index is 430. The predicted molar refractivity (Wildman–Crippen MR) is 67.9 cm³/mol. The Balaban J connectivity index is 2.00. The Kier molecular flexibility index (Phi) is 3.17. The lowest BCUT2D eigenvalue weighted by Gasteiger charge is -2.15. The van der Waals surface area contributed by atoms with Gasteiger partial charge in [-0.1, -0.05) is 12.8 Å². The molecule has 0 spiro atoms. The van der Waals surface area contributed by atoms with E-state index in [1.807, 2.05) is 0 Å². The van der Waals surface area contributed by atoms with E-state index in [0.29, 0.717) is 6.04 Å². The Morgan fingerprint density at radius 3 is 2.82 bits per heavy atom. The number of benzene rings is 1. The van der Waals surface area contributed by atoms with Gasteiger partial charge in [0.15, 0.2) is 0 Å². The summed E-state index contributed by atoms with van der Waals surface area (Å²) < 4.78 is 0. The van der Waals surface area contributed by atoms with Crippen LogP contribution in [0.2, 0.25) is 0 Å². The molecule has 1 aromatic carbocycles. The van der Waals surface area contributed by atoms with Crippen molar-refractivity contribution in [1.29, 1.82) is 0 Å². The van der Waals surface area contributed by atoms with Crippen molar-refractivity contribution < 1.29 is 4.92 Å². The SMILES string of the molecule is CC(CC1CC1)Nc1ccc([N+](=O)[O-])c(N)c1. The normalized spacial score (nSPS) is 16.5. The first kappa shape index (κ1) is 11.7. The zero-order valence-corrected chi connectivity index (χ0v) is 9.85. The van der Waals surface area contributed by atoms with Crippen LogP contribution >= 0.6 is 0 Å². The minimum Gasteiger partial charge on any atom is -0.393 e. The van der Waals surface area contributed by atoms with E-state index in [-0.39, 0.29) is 11.4 Å². The van der Waals surface area contributed by atoms with Crippen molar-refractivity contribution >= 4 is 17.1 Å². The van der Waals surface area contributed by atoms with E-state index in [2.05, 4.69) is 12.2 Å². The first-order valence-electron chi connectivity index (χ1n) is 5.86. The lowest BCUT2D eigenvalue weighted by Crippen LogP contribution is -2.15. The third-order valence-corrected chi connectivity index (χ3v) is 3.02. The molecule has 1 aromatic rings. The second-order valence-electron chi connectivity index (χ2n) is 4.76. The Hall–Kier alpha value is -1.78. The number of hydrogen-bond donors (Lipinski definition) is 2. The Morgan fingerprint density at radius 2 is 2.29 bits per heavy atom. The summed E-state index contributed by atoms with van der Waals surface area (Å²) in [7, 11) is 0. The van der Waals surface area contributed by atoms with E-state index in [1.54, 1.807) is 12.1 Å². The summed E-state index contributed by atoms with van der Waals surface area (Å²) in [4.78, 5) is 10.1. The summed E-state index contributed by atoms with van der Waals surface area (Å²) in [5.41, 5.74) is 6.65. The van der Waals surface area contributed by atoms with Gasteiger partial charge >= 0.3 is 0 Å². The highest BCUT2D eigenvalue weighted by Gasteiger charge is 2.23. The van der Waals surface area contributed by atoms with Crippen LogP contribution in [0.1, 0.15) is 26.2 Å². The second-order valence-corrected chi connectivity index (χ2v) is 4.76. The smallest absolute Gasteiger partial charge is 0.292 e. The number of hydrogen-bond acceptors (Lipinski definition) is 4. The van der Waals surface area contributed by atoms with E-state index in [0.717, 1.165) is 18.0 Å². The van der Waals surface area contributed by atoms with Gasteiger partial charge in [-0.3, -0.25) is 10.1 Å². The fraction of sp³-hybridized carbons (Fsp3) is 0.500. The molecule has 5 heteroatoms. The number of nitrogens with zero attached hydrogens (tertiary/aromatic N) is 1. The number of nitrogens with two attached hydrogens (primary N) is 1. The van der Waals surface area contributed by atoms with Crippen molar-refractivity contribution in [1.82, 2.24) is 0 Å². The van der Waals surface area contributed by atoms with Gasteiger partial charge in [0, 0.05) is 17.8 Å². The van der Waals surface area contributed by atoms with Crippen LogP contribution in [-0.4, -0.2) is 11.0 Å². The molecule has 1 fully saturated rings. The molecule has 1 atom stereocenters. The van der Waals surface area contributed by atoms with Crippen LogP contribution in [0.4, 0.5) is 17.1 Å². The van der Waals surface area contributed by atoms with E-state index >= 15 is 0 Å². The molecule has 5 nitrogen and oxygen atoms in total. The molecule has 0 aromatic heterocycles. The van der Waals surface area contributed by atoms with Crippen molar-refractivity contribution in [2.75, 3.05) is 11.1 Å². The van der Waals surface area contributed by atoms with Gasteiger partial charge in [0.05, 0.1) is 4.92 Å². The van der Waals surface area contributed by atoms with Gasteiger partial charge in [0.2, 0.25) is 0 Å². The summed E-state index contributed by atoms with van der Waals surface area (Å²) in [6.45, 7) is 2.12. The van der Waals surface area contributed by atoms with Gasteiger partial charge in [-0.05, 0) is 31.4 Å². The van der Waals surface area contributed by atoms with Gasteiger partial charge in [-0.2, -0.15) is 0 Å². The fourth-order valence-corrected chi connectivity index (χ4v) is 2.01. The summed E-state index contributed by atoms with van der Waals surface area (Å²) in [5, 5.41) is 13.9. The minimum absolute atomic E-state index is 0.0367. The molecule has 0 heterocycles. The molecule has 0 bridgehead atoms. The highest BCUT2D eigenvalue weighted by Crippen LogP contribution is 2.34. The molecule has 1 saturated carbocycles. The van der Waals surface area contributed by atoms with Crippen molar-refractivity contribution in [3.8, 4) is 0 Å². The molecule has 0 radical (unpaired) electrons. The molecular formula is C12H17N3O2. The largest absolute Gasteiger partial charge is 0.393 e. The van der Waals surface area contributed by atoms with Gasteiger partial charge < -0.3 is 11.1 Å². The highest BCUT2D eigenvalue weighted by molar-refractivity contribution is 5.66. The summed E-state index contributed by atoms with van der Waals surface area (Å²) >= 11 is 0. The van der Waals surface area contributed by atoms with Crippen LogP contribution in [0.3, 0.4) is 0 Å². The van der Waals surface area contributed by atoms with E-state index in [4.69, 9.17) is 5.73 Å². The second kappa shape index (κ2) is 4.61. The van der Waals surface area contributed by atoms with Crippen LogP contribution in [0, 0.1) is 16.0 Å². The van der Waals surface area contributed by atoms with Crippen molar-refractivity contribution in [2.45, 2.75) is 32.2 Å². The lowest BCUT2D eigenvalue weighted by atomic mass is 10.1. The molecule has 1 aliphatic carbocycles. The van der Waals surface area contributed by atoms with Gasteiger partial charge in [-0.15, -0.1) is 0 Å². The summed E-state index contributed by atoms with van der Waals surface area (Å²) in [6, 6.07) is 5.16. The number of nitro benzene ring substituents is 1. The molecule has 1 aliphatic rings. The van der Waals surface area contributed by atoms with E-state index < -0.39 is 4.92 Å². The van der Waals surface area contributed by atoms with E-state index in [1.165, 1.54) is 18.9 Å². The monoisotopic (exact) mass is 235 g/mol. The van der Waals surface area contributed by atoms with Crippen LogP contribution in [0.25, 0.3) is 0 Å². The zero-order chi connectivity index (χ0) is 12.4. The molecule has 0 amide bonds. The molecule has 0 saturated heterocycles. The standard InChI is InChI=1S/C12H17N3O2/c1-8(6-9-2-3-9)14-10-4-5-12(15(16)17)11(13)7-10/h4-5,7-9,14H,2-3,6,13H2,1H3. The molecule has 17 heavy (non-hydrogen) atoms. The average molecular weight is 235 g/mol. The maximum atomic E-state index is 10.6. The topological polar surface area (TPSA) is 81.2 Å². The number of nitrogens with one attached hydrogen (secondary N) is 1. The Labute approximate surface area is 100 Å². The van der Waals surface area contributed by atoms with Crippen LogP contribution in [0.15, 0.2) is 18.2 Å². The van der Waals surface area contributed by atoms with Crippen molar-refractivity contribution in [3.63, 3.8) is 0 Å². The fourth-order valence-electron chi connectivity index (χ4n) is 2.01. The summed E-state index contributed by atoms with van der Waals surface area (Å²) in [6.07, 6.45) is 3.81. The molecule has 92 valence electrons. The number of rotatable bonds is 5. The highest BCUT2D eigenvalue weighted by atomic mass is 16.6. The molecule has 0 aliphatic heterocycles. The van der Waals surface area contributed by atoms with Gasteiger partial charge in [-0.25, -0.2) is 0 Å². The van der Waals surface area contributed by atoms with Crippen LogP contribution in [0.5, 0.6) is 0 Å². The first-order valence-corrected chi connectivity index (χ1v) is 5.86.